The molecule has 11 heteroatoms. The number of amides is 2. The van der Waals surface area contributed by atoms with Crippen molar-refractivity contribution in [3.05, 3.63) is 57.5 Å². The van der Waals surface area contributed by atoms with Crippen LogP contribution in [0.3, 0.4) is 0 Å². The zero-order valence-electron chi connectivity index (χ0n) is 18.4. The summed E-state index contributed by atoms with van der Waals surface area (Å²) in [5.41, 5.74) is -0.758. The number of carbonyl (C=O) groups excluding carboxylic acids is 3. The predicted molar refractivity (Wildman–Crippen MR) is 113 cm³/mol. The summed E-state index contributed by atoms with van der Waals surface area (Å²) in [4.78, 5) is 56.2. The summed E-state index contributed by atoms with van der Waals surface area (Å²) in [6, 6.07) is 4.45. The molecule has 1 aliphatic heterocycles. The monoisotopic (exact) mass is 462 g/mol. The first-order valence-electron chi connectivity index (χ1n) is 10.2. The molecule has 1 N–H and O–H groups in total. The molecule has 0 unspecified atom stereocenters. The third-order valence-corrected chi connectivity index (χ3v) is 5.52. The van der Waals surface area contributed by atoms with Crippen LogP contribution in [0.15, 0.2) is 29.1 Å². The number of hydrogen-bond acceptors (Lipinski definition) is 6. The van der Waals surface area contributed by atoms with Gasteiger partial charge in [0.1, 0.15) is 17.8 Å². The van der Waals surface area contributed by atoms with E-state index < -0.39 is 52.6 Å². The van der Waals surface area contributed by atoms with E-state index in [-0.39, 0.29) is 31.6 Å². The minimum absolute atomic E-state index is 0.108. The van der Waals surface area contributed by atoms with Gasteiger partial charge in [0, 0.05) is 34.0 Å². The molecule has 0 aliphatic carbocycles. The number of ketones is 1. The molecule has 1 fully saturated rings. The smallest absolute Gasteiger partial charge is 0.312 e. The van der Waals surface area contributed by atoms with Crippen LogP contribution >= 0.6 is 0 Å². The van der Waals surface area contributed by atoms with Crippen LogP contribution in [0.5, 0.6) is 5.75 Å². The number of carbonyl (C=O) groups is 3. The fourth-order valence-corrected chi connectivity index (χ4v) is 3.69. The Morgan fingerprint density at radius 1 is 1.21 bits per heavy atom. The largest absolute Gasteiger partial charge is 0.501 e. The minimum atomic E-state index is -1.46. The van der Waals surface area contributed by atoms with Gasteiger partial charge in [-0.3, -0.25) is 23.7 Å². The van der Waals surface area contributed by atoms with Gasteiger partial charge in [0.15, 0.2) is 11.5 Å². The molecule has 176 valence electrons. The van der Waals surface area contributed by atoms with E-state index in [0.29, 0.717) is 5.56 Å². The van der Waals surface area contributed by atoms with E-state index in [1.54, 1.807) is 0 Å². The van der Waals surface area contributed by atoms with Crippen LogP contribution < -0.4 is 5.56 Å². The summed E-state index contributed by atoms with van der Waals surface area (Å²) in [6.07, 6.45) is -1.60. The molecule has 1 aromatic heterocycles. The van der Waals surface area contributed by atoms with Crippen LogP contribution in [0, 0.1) is 5.82 Å². The first-order valence-corrected chi connectivity index (χ1v) is 10.2. The topological polar surface area (TPSA) is 113 Å². The first kappa shape index (κ1) is 24.0. The van der Waals surface area contributed by atoms with E-state index in [1.807, 2.05) is 0 Å². The lowest BCUT2D eigenvalue weighted by molar-refractivity contribution is -0.151. The number of halogens is 2. The number of alkyl halides is 1. The zero-order valence-corrected chi connectivity index (χ0v) is 18.4. The molecule has 2 amide bonds. The number of Topliss-reactive ketones (excluding diaryl/α,β-unsaturated/α-hetero) is 1. The Labute approximate surface area is 188 Å². The minimum Gasteiger partial charge on any atom is -0.501 e. The molecular weight excluding hydrogens is 438 g/mol. The third-order valence-electron chi connectivity index (χ3n) is 5.52. The molecule has 0 radical (unpaired) electrons. The fraction of sp³-hybridized carbons (Fsp3) is 0.409. The second-order valence-electron chi connectivity index (χ2n) is 8.09. The summed E-state index contributed by atoms with van der Waals surface area (Å²) < 4.78 is 28.3. The molecular formula is C22H24F2N4O5. The van der Waals surface area contributed by atoms with Crippen LogP contribution in [-0.2, 0) is 23.1 Å². The van der Waals surface area contributed by atoms with Crippen molar-refractivity contribution >= 4 is 17.6 Å². The second kappa shape index (κ2) is 9.47. The van der Waals surface area contributed by atoms with Gasteiger partial charge in [0.25, 0.3) is 5.56 Å². The van der Waals surface area contributed by atoms with Crippen molar-refractivity contribution in [2.24, 2.45) is 7.05 Å². The Morgan fingerprint density at radius 2 is 1.85 bits per heavy atom. The van der Waals surface area contributed by atoms with E-state index >= 15 is 0 Å². The van der Waals surface area contributed by atoms with Gasteiger partial charge in [-0.15, -0.1) is 0 Å². The van der Waals surface area contributed by atoms with Crippen molar-refractivity contribution in [3.8, 4) is 5.75 Å². The number of aryl methyl sites for hydroxylation is 1. The number of benzene rings is 1. The van der Waals surface area contributed by atoms with E-state index in [0.717, 1.165) is 14.4 Å². The molecule has 0 bridgehead atoms. The van der Waals surface area contributed by atoms with Crippen molar-refractivity contribution in [2.75, 3.05) is 20.6 Å². The van der Waals surface area contributed by atoms with Crippen molar-refractivity contribution in [1.29, 1.82) is 0 Å². The SMILES string of the molecule is CN(C)C(=O)C(=O)N1C[C@@H](F)C[C@H]1c1nc(C(=O)CCc2ccc(F)cc2)c(O)c(=O)n1C. The fourth-order valence-electron chi connectivity index (χ4n) is 3.69. The van der Waals surface area contributed by atoms with Gasteiger partial charge in [-0.1, -0.05) is 12.1 Å². The van der Waals surface area contributed by atoms with Crippen LogP contribution in [-0.4, -0.2) is 68.9 Å². The van der Waals surface area contributed by atoms with Gasteiger partial charge in [-0.05, 0) is 24.1 Å². The highest BCUT2D eigenvalue weighted by Crippen LogP contribution is 2.33. The Morgan fingerprint density at radius 3 is 2.45 bits per heavy atom. The predicted octanol–water partition coefficient (Wildman–Crippen LogP) is 1.14. The van der Waals surface area contributed by atoms with Crippen LogP contribution in [0.4, 0.5) is 8.78 Å². The first-order chi connectivity index (χ1) is 15.5. The number of hydrogen-bond donors (Lipinski definition) is 1. The van der Waals surface area contributed by atoms with Gasteiger partial charge in [0.05, 0.1) is 12.6 Å². The van der Waals surface area contributed by atoms with Gasteiger partial charge in [-0.2, -0.15) is 0 Å². The molecule has 9 nitrogen and oxygen atoms in total. The Bertz CT molecular complexity index is 1150. The van der Waals surface area contributed by atoms with E-state index in [9.17, 15) is 33.1 Å². The molecule has 1 aromatic carbocycles. The highest BCUT2D eigenvalue weighted by molar-refractivity contribution is 6.34. The molecule has 33 heavy (non-hydrogen) atoms. The number of rotatable bonds is 5. The Balaban J connectivity index is 1.93. The normalized spacial score (nSPS) is 17.8. The average molecular weight is 462 g/mol. The standard InChI is InChI=1S/C22H24F2N4O5/c1-26(2)21(32)22(33)28-11-14(24)10-15(28)19-25-17(18(30)20(31)27(19)3)16(29)9-6-12-4-7-13(23)8-5-12/h4-5,7-8,14-15,30H,6,9-11H2,1-3H3/t14-,15-/m0/s1. The van der Waals surface area contributed by atoms with E-state index in [2.05, 4.69) is 4.98 Å². The number of aromatic hydroxyl groups is 1. The lowest BCUT2D eigenvalue weighted by atomic mass is 10.1. The number of likely N-dealkylation sites (N-methyl/N-ethyl adjacent to an activating group) is 1. The third kappa shape index (κ3) is 4.91. The van der Waals surface area contributed by atoms with Gasteiger partial charge < -0.3 is 14.9 Å². The molecule has 1 saturated heterocycles. The molecule has 0 spiro atoms. The maximum Gasteiger partial charge on any atom is 0.312 e. The molecule has 0 saturated carbocycles. The molecule has 2 atom stereocenters. The Kier molecular flexibility index (Phi) is 6.89. The summed E-state index contributed by atoms with van der Waals surface area (Å²) in [7, 11) is 4.04. The van der Waals surface area contributed by atoms with Gasteiger partial charge in [-0.25, -0.2) is 13.8 Å². The van der Waals surface area contributed by atoms with Gasteiger partial charge >= 0.3 is 11.8 Å². The lowest BCUT2D eigenvalue weighted by Gasteiger charge is -2.26. The van der Waals surface area contributed by atoms with Crippen molar-refractivity contribution in [1.82, 2.24) is 19.4 Å². The van der Waals surface area contributed by atoms with E-state index in [1.165, 1.54) is 45.4 Å². The number of aromatic nitrogens is 2. The molecule has 2 aromatic rings. The van der Waals surface area contributed by atoms with Crippen LogP contribution in [0.1, 0.15) is 40.8 Å². The molecule has 3 rings (SSSR count). The summed E-state index contributed by atoms with van der Waals surface area (Å²) >= 11 is 0. The zero-order chi connectivity index (χ0) is 24.4. The highest BCUT2D eigenvalue weighted by Gasteiger charge is 2.41. The molecule has 1 aliphatic rings. The molecule has 2 heterocycles. The Hall–Kier alpha value is -3.63. The van der Waals surface area contributed by atoms with Crippen molar-refractivity contribution in [2.45, 2.75) is 31.5 Å². The quantitative estimate of drug-likeness (QED) is 0.527. The van der Waals surface area contributed by atoms with Crippen LogP contribution in [0.2, 0.25) is 0 Å². The highest BCUT2D eigenvalue weighted by atomic mass is 19.1. The summed E-state index contributed by atoms with van der Waals surface area (Å²) in [6.45, 7) is -0.367. The number of nitrogens with zero attached hydrogens (tertiary/aromatic N) is 4. The maximum atomic E-state index is 14.3. The van der Waals surface area contributed by atoms with Crippen molar-refractivity contribution < 1.29 is 28.3 Å². The maximum absolute atomic E-state index is 14.3. The summed E-state index contributed by atoms with van der Waals surface area (Å²) in [5, 5.41) is 10.3. The number of likely N-dealkylation sites (tertiary alicyclic amines) is 1. The van der Waals surface area contributed by atoms with Gasteiger partial charge in [0.2, 0.25) is 5.75 Å². The second-order valence-corrected chi connectivity index (χ2v) is 8.09. The van der Waals surface area contributed by atoms with Crippen molar-refractivity contribution in [3.63, 3.8) is 0 Å². The van der Waals surface area contributed by atoms with Crippen LogP contribution in [0.25, 0.3) is 0 Å². The summed E-state index contributed by atoms with van der Waals surface area (Å²) in [5.74, 6) is -3.86. The average Bonchev–Trinajstić information content (AvgIpc) is 3.17. The lowest BCUT2D eigenvalue weighted by Crippen LogP contribution is -2.43. The van der Waals surface area contributed by atoms with E-state index in [4.69, 9.17) is 0 Å².